The van der Waals surface area contributed by atoms with Crippen LogP contribution in [0.4, 0.5) is 0 Å². The Balaban J connectivity index is 1.91. The van der Waals surface area contributed by atoms with Gasteiger partial charge in [-0.25, -0.2) is 0 Å². The number of aromatic nitrogens is 2. The highest BCUT2D eigenvalue weighted by molar-refractivity contribution is 7.99. The predicted molar refractivity (Wildman–Crippen MR) is 64.6 cm³/mol. The minimum atomic E-state index is 0.180. The number of rotatable bonds is 5. The number of thioether (sulfide) groups is 1. The van der Waals surface area contributed by atoms with E-state index in [-0.39, 0.29) is 5.91 Å². The lowest BCUT2D eigenvalue weighted by Crippen LogP contribution is -2.23. The van der Waals surface area contributed by atoms with Crippen LogP contribution in [0, 0.1) is 0 Å². The first-order chi connectivity index (χ1) is 8.19. The molecule has 0 radical (unpaired) electrons. The average molecular weight is 255 g/mol. The highest BCUT2D eigenvalue weighted by atomic mass is 32.2. The molecule has 1 aliphatic rings. The van der Waals surface area contributed by atoms with Crippen LogP contribution in [-0.2, 0) is 11.3 Å². The average Bonchev–Trinajstić information content (AvgIpc) is 2.90. The van der Waals surface area contributed by atoms with E-state index in [1.54, 1.807) is 16.7 Å². The van der Waals surface area contributed by atoms with Gasteiger partial charge in [-0.3, -0.25) is 4.79 Å². The van der Waals surface area contributed by atoms with Gasteiger partial charge in [-0.1, -0.05) is 25.6 Å². The van der Waals surface area contributed by atoms with Crippen LogP contribution in [0.1, 0.15) is 39.0 Å². The van der Waals surface area contributed by atoms with Crippen molar-refractivity contribution < 1.29 is 9.21 Å². The third-order valence-corrected chi connectivity index (χ3v) is 3.93. The molecule has 0 N–H and O–H groups in total. The molecule has 0 aromatic carbocycles. The van der Waals surface area contributed by atoms with E-state index in [9.17, 15) is 4.79 Å². The lowest BCUT2D eigenvalue weighted by Gasteiger charge is -2.11. The Morgan fingerprint density at radius 1 is 1.53 bits per heavy atom. The molecule has 0 spiro atoms. The Morgan fingerprint density at radius 3 is 3.00 bits per heavy atom. The lowest BCUT2D eigenvalue weighted by atomic mass is 10.4. The van der Waals surface area contributed by atoms with Crippen LogP contribution in [0.15, 0.2) is 9.64 Å². The van der Waals surface area contributed by atoms with Gasteiger partial charge in [-0.05, 0) is 12.8 Å². The monoisotopic (exact) mass is 255 g/mol. The fraction of sp³-hybridized carbons (Fsp3) is 0.727. The van der Waals surface area contributed by atoms with E-state index >= 15 is 0 Å². The lowest BCUT2D eigenvalue weighted by molar-refractivity contribution is -0.128. The van der Waals surface area contributed by atoms with Crippen molar-refractivity contribution in [3.8, 4) is 0 Å². The first kappa shape index (κ1) is 12.4. The topological polar surface area (TPSA) is 59.2 Å². The second-order valence-corrected chi connectivity index (χ2v) is 5.61. The van der Waals surface area contributed by atoms with Crippen molar-refractivity contribution in [3.05, 3.63) is 5.89 Å². The smallest absolute Gasteiger partial charge is 0.276 e. The molecule has 2 rings (SSSR count). The highest BCUT2D eigenvalue weighted by Crippen LogP contribution is 2.24. The maximum absolute atomic E-state index is 11.4. The summed E-state index contributed by atoms with van der Waals surface area (Å²) in [5, 5.41) is 9.02. The van der Waals surface area contributed by atoms with Gasteiger partial charge in [0, 0.05) is 18.2 Å². The Bertz CT molecular complexity index is 394. The maximum atomic E-state index is 11.4. The summed E-state index contributed by atoms with van der Waals surface area (Å²) in [4.78, 5) is 13.2. The molecular weight excluding hydrogens is 238 g/mol. The molecule has 1 unspecified atom stereocenters. The Hall–Kier alpha value is -1.04. The molecule has 1 amide bonds. The summed E-state index contributed by atoms with van der Waals surface area (Å²) in [5.41, 5.74) is 0. The zero-order valence-corrected chi connectivity index (χ0v) is 11.0. The molecule has 17 heavy (non-hydrogen) atoms. The molecule has 0 aliphatic carbocycles. The van der Waals surface area contributed by atoms with Crippen molar-refractivity contribution in [1.82, 2.24) is 15.1 Å². The zero-order chi connectivity index (χ0) is 12.3. The predicted octanol–water partition coefficient (Wildman–Crippen LogP) is 2.08. The van der Waals surface area contributed by atoms with Gasteiger partial charge in [0.15, 0.2) is 0 Å². The van der Waals surface area contributed by atoms with Crippen LogP contribution < -0.4 is 0 Å². The summed E-state index contributed by atoms with van der Waals surface area (Å²) in [6.45, 7) is 5.50. The third-order valence-electron chi connectivity index (χ3n) is 2.82. The fourth-order valence-electron chi connectivity index (χ4n) is 1.64. The zero-order valence-electron chi connectivity index (χ0n) is 10.2. The quantitative estimate of drug-likeness (QED) is 0.754. The molecule has 6 heteroatoms. The standard InChI is InChI=1S/C11H17N3O2S/c1-3-8(2)17-11-13-12-9(16-11)7-14-6-4-5-10(14)15/h8H,3-7H2,1-2H3. The maximum Gasteiger partial charge on any atom is 0.276 e. The summed E-state index contributed by atoms with van der Waals surface area (Å²) < 4.78 is 5.51. The molecule has 1 saturated heterocycles. The van der Waals surface area contributed by atoms with Gasteiger partial charge in [0.2, 0.25) is 11.8 Å². The van der Waals surface area contributed by atoms with Gasteiger partial charge in [0.25, 0.3) is 5.22 Å². The van der Waals surface area contributed by atoms with E-state index in [1.807, 2.05) is 0 Å². The van der Waals surface area contributed by atoms with E-state index in [4.69, 9.17) is 4.42 Å². The van der Waals surface area contributed by atoms with Crippen molar-refractivity contribution in [2.75, 3.05) is 6.54 Å². The molecule has 94 valence electrons. The van der Waals surface area contributed by atoms with Crippen molar-refractivity contribution in [2.24, 2.45) is 0 Å². The molecule has 1 aromatic heterocycles. The van der Waals surface area contributed by atoms with Crippen molar-refractivity contribution in [1.29, 1.82) is 0 Å². The molecule has 1 atom stereocenters. The van der Waals surface area contributed by atoms with Crippen molar-refractivity contribution >= 4 is 17.7 Å². The van der Waals surface area contributed by atoms with Gasteiger partial charge in [0.1, 0.15) is 0 Å². The van der Waals surface area contributed by atoms with E-state index in [0.29, 0.717) is 29.3 Å². The second kappa shape index (κ2) is 5.53. The number of amides is 1. The number of likely N-dealkylation sites (tertiary alicyclic amines) is 1. The highest BCUT2D eigenvalue weighted by Gasteiger charge is 2.22. The molecule has 5 nitrogen and oxygen atoms in total. The number of hydrogen-bond donors (Lipinski definition) is 0. The molecule has 1 aliphatic heterocycles. The SMILES string of the molecule is CCC(C)Sc1nnc(CN2CCCC2=O)o1. The van der Waals surface area contributed by atoms with E-state index in [0.717, 1.165) is 19.4 Å². The Morgan fingerprint density at radius 2 is 2.35 bits per heavy atom. The minimum Gasteiger partial charge on any atom is -0.414 e. The van der Waals surface area contributed by atoms with Crippen molar-refractivity contribution in [2.45, 2.75) is 50.1 Å². The Kier molecular flexibility index (Phi) is 4.04. The van der Waals surface area contributed by atoms with Gasteiger partial charge in [0.05, 0.1) is 6.54 Å². The minimum absolute atomic E-state index is 0.180. The van der Waals surface area contributed by atoms with Gasteiger partial charge < -0.3 is 9.32 Å². The van der Waals surface area contributed by atoms with Crippen LogP contribution in [-0.4, -0.2) is 32.8 Å². The normalized spacial score (nSPS) is 17.8. The largest absolute Gasteiger partial charge is 0.414 e. The number of nitrogens with zero attached hydrogens (tertiary/aromatic N) is 3. The molecule has 0 saturated carbocycles. The van der Waals surface area contributed by atoms with Gasteiger partial charge in [-0.15, -0.1) is 10.2 Å². The summed E-state index contributed by atoms with van der Waals surface area (Å²) in [6.07, 6.45) is 2.64. The number of hydrogen-bond acceptors (Lipinski definition) is 5. The summed E-state index contributed by atoms with van der Waals surface area (Å²) in [7, 11) is 0. The van der Waals surface area contributed by atoms with Crippen LogP contribution in [0.5, 0.6) is 0 Å². The number of carbonyl (C=O) groups excluding carboxylic acids is 1. The molecule has 1 aromatic rings. The summed E-state index contributed by atoms with van der Waals surface area (Å²) in [6, 6.07) is 0. The molecular formula is C11H17N3O2S. The number of carbonyl (C=O) groups is 1. The van der Waals surface area contributed by atoms with Crippen LogP contribution in [0.25, 0.3) is 0 Å². The first-order valence-electron chi connectivity index (χ1n) is 5.96. The van der Waals surface area contributed by atoms with Crippen LogP contribution in [0.2, 0.25) is 0 Å². The molecule has 2 heterocycles. The third kappa shape index (κ3) is 3.21. The summed E-state index contributed by atoms with van der Waals surface area (Å²) in [5.74, 6) is 0.713. The summed E-state index contributed by atoms with van der Waals surface area (Å²) >= 11 is 1.58. The van der Waals surface area contributed by atoms with E-state index in [1.165, 1.54) is 0 Å². The first-order valence-corrected chi connectivity index (χ1v) is 6.83. The van der Waals surface area contributed by atoms with Gasteiger partial charge in [-0.2, -0.15) is 0 Å². The molecule has 1 fully saturated rings. The molecule has 0 bridgehead atoms. The van der Waals surface area contributed by atoms with Crippen LogP contribution >= 0.6 is 11.8 Å². The van der Waals surface area contributed by atoms with Gasteiger partial charge >= 0.3 is 0 Å². The van der Waals surface area contributed by atoms with E-state index in [2.05, 4.69) is 24.0 Å². The van der Waals surface area contributed by atoms with Crippen molar-refractivity contribution in [3.63, 3.8) is 0 Å². The van der Waals surface area contributed by atoms with E-state index < -0.39 is 0 Å². The fourth-order valence-corrected chi connectivity index (χ4v) is 2.38. The van der Waals surface area contributed by atoms with Crippen LogP contribution in [0.3, 0.4) is 0 Å². The Labute approximate surface area is 105 Å². The second-order valence-electron chi connectivity index (χ2n) is 4.22.